The van der Waals surface area contributed by atoms with Crippen LogP contribution in [0.25, 0.3) is 10.9 Å². The summed E-state index contributed by atoms with van der Waals surface area (Å²) in [5.74, 6) is 2.15. The fraction of sp³-hybridized carbons (Fsp3) is 0.429. The van der Waals surface area contributed by atoms with E-state index in [1.165, 1.54) is 16.8 Å². The molecule has 3 heterocycles. The topological polar surface area (TPSA) is 49.9 Å². The highest BCUT2D eigenvalue weighted by molar-refractivity contribution is 5.78. The zero-order valence-corrected chi connectivity index (χ0v) is 20.4. The van der Waals surface area contributed by atoms with E-state index < -0.39 is 0 Å². The molecule has 4 rings (SSSR count). The van der Waals surface area contributed by atoms with Gasteiger partial charge in [0.1, 0.15) is 17.3 Å². The van der Waals surface area contributed by atoms with Crippen LogP contribution in [0.15, 0.2) is 47.1 Å². The van der Waals surface area contributed by atoms with Crippen LogP contribution in [0.1, 0.15) is 64.2 Å². The van der Waals surface area contributed by atoms with Crippen LogP contribution in [0.3, 0.4) is 0 Å². The van der Waals surface area contributed by atoms with Gasteiger partial charge in [-0.1, -0.05) is 27.7 Å². The van der Waals surface area contributed by atoms with Crippen LogP contribution in [-0.2, 0) is 15.6 Å². The number of rotatable bonds is 3. The average molecular weight is 442 g/mol. The second-order valence-corrected chi connectivity index (χ2v) is 10.3. The Hall–Kier alpha value is -3.44. The maximum absolute atomic E-state index is 9.26. The smallest absolute Gasteiger partial charge is 0.269 e. The van der Waals surface area contributed by atoms with Crippen molar-refractivity contribution >= 4 is 11.8 Å². The summed E-state index contributed by atoms with van der Waals surface area (Å²) in [5.41, 5.74) is 5.74. The summed E-state index contributed by atoms with van der Waals surface area (Å²) >= 11 is 0. The molecule has 0 saturated heterocycles. The molecule has 1 aromatic carbocycles. The largest absolute Gasteiger partial charge is 0.496 e. The van der Waals surface area contributed by atoms with Crippen molar-refractivity contribution in [2.45, 2.75) is 58.3 Å². The van der Waals surface area contributed by atoms with Crippen LogP contribution in [0.2, 0.25) is 0 Å². The third kappa shape index (κ3) is 3.93. The molecule has 0 N–H and O–H groups in total. The zero-order valence-electron chi connectivity index (χ0n) is 20.4. The molecule has 5 nitrogen and oxygen atoms in total. The minimum absolute atomic E-state index is 0.0103. The Balaban J connectivity index is 1.87. The molecule has 0 unspecified atom stereocenters. The molecule has 0 amide bonds. The molecule has 5 heteroatoms. The van der Waals surface area contributed by atoms with Crippen LogP contribution in [0.4, 0.5) is 5.69 Å². The van der Waals surface area contributed by atoms with Gasteiger partial charge in [-0.2, -0.15) is 0 Å². The molecule has 3 aliphatic heterocycles. The summed E-state index contributed by atoms with van der Waals surface area (Å²) in [6.07, 6.45) is 9.59. The van der Waals surface area contributed by atoms with Gasteiger partial charge in [0.05, 0.1) is 19.8 Å². The maximum atomic E-state index is 9.26. The molecular formula is C28H31N3O2. The molecule has 0 spiro atoms. The predicted octanol–water partition coefficient (Wildman–Crippen LogP) is 6.39. The van der Waals surface area contributed by atoms with E-state index in [-0.39, 0.29) is 16.5 Å². The molecule has 0 aliphatic carbocycles. The van der Waals surface area contributed by atoms with Gasteiger partial charge in [-0.05, 0) is 72.1 Å². The van der Waals surface area contributed by atoms with Crippen molar-refractivity contribution in [3.63, 3.8) is 0 Å². The summed E-state index contributed by atoms with van der Waals surface area (Å²) in [7, 11) is 1.75. The highest BCUT2D eigenvalue weighted by atomic mass is 16.5. The first-order chi connectivity index (χ1) is 15.6. The molecule has 0 fully saturated rings. The Labute approximate surface area is 197 Å². The molecule has 3 aliphatic rings. The Morgan fingerprint density at radius 2 is 1.88 bits per heavy atom. The van der Waals surface area contributed by atoms with Crippen molar-refractivity contribution in [3.8, 4) is 11.8 Å². The summed E-state index contributed by atoms with van der Waals surface area (Å²) in [6.45, 7) is 20.5. The van der Waals surface area contributed by atoms with Gasteiger partial charge in [-0.15, -0.1) is 0 Å². The molecule has 170 valence electrons. The van der Waals surface area contributed by atoms with Gasteiger partial charge in [-0.3, -0.25) is 0 Å². The van der Waals surface area contributed by atoms with Crippen molar-refractivity contribution in [2.75, 3.05) is 25.1 Å². The Morgan fingerprint density at radius 1 is 1.18 bits per heavy atom. The lowest BCUT2D eigenvalue weighted by atomic mass is 9.68. The van der Waals surface area contributed by atoms with Gasteiger partial charge in [0.15, 0.2) is 0 Å². The van der Waals surface area contributed by atoms with Gasteiger partial charge >= 0.3 is 0 Å². The number of allylic oxidation sites excluding steroid dienone is 6. The lowest BCUT2D eigenvalue weighted by molar-refractivity contribution is 0.318. The number of anilines is 1. The number of nitrogens with zero attached hydrogens (tertiary/aromatic N) is 3. The zero-order chi connectivity index (χ0) is 24.0. The van der Waals surface area contributed by atoms with Crippen LogP contribution in [-0.4, -0.2) is 20.2 Å². The molecule has 0 radical (unpaired) electrons. The Bertz CT molecular complexity index is 1190. The standard InChI is InChI=1S/C28H31N3O2/c1-18-14-20(23(17-29)30-6)15-21(33-18)9-8-19-16-22-25-24(26(19)32-7)28(4,5)11-13-31(25)12-10-27(22,2)3/h8-9,14-16H,10-13H2,1-5,7H3/b9-8+,23-20-. The predicted molar refractivity (Wildman–Crippen MR) is 132 cm³/mol. The van der Waals surface area contributed by atoms with Crippen LogP contribution in [0, 0.1) is 17.9 Å². The van der Waals surface area contributed by atoms with Gasteiger partial charge in [-0.25, -0.2) is 10.1 Å². The Kier molecular flexibility index (Phi) is 5.62. The summed E-state index contributed by atoms with van der Waals surface area (Å²) < 4.78 is 11.9. The van der Waals surface area contributed by atoms with Crippen molar-refractivity contribution in [2.24, 2.45) is 0 Å². The summed E-state index contributed by atoms with van der Waals surface area (Å²) in [5, 5.41) is 9.26. The molecule has 0 atom stereocenters. The molecule has 0 saturated carbocycles. The number of benzene rings is 1. The average Bonchev–Trinajstić information content (AvgIpc) is 2.76. The fourth-order valence-electron chi connectivity index (χ4n) is 5.12. The second kappa shape index (κ2) is 8.16. The lowest BCUT2D eigenvalue weighted by Crippen LogP contribution is -2.45. The van der Waals surface area contributed by atoms with Gasteiger partial charge in [0, 0.05) is 29.9 Å². The summed E-state index contributed by atoms with van der Waals surface area (Å²) in [6, 6.07) is 4.23. The molecule has 0 bridgehead atoms. The van der Waals surface area contributed by atoms with E-state index in [1.54, 1.807) is 19.3 Å². The quantitative estimate of drug-likeness (QED) is 0.403. The van der Waals surface area contributed by atoms with Crippen molar-refractivity contribution in [1.29, 1.82) is 5.26 Å². The summed E-state index contributed by atoms with van der Waals surface area (Å²) in [4.78, 5) is 5.87. The van der Waals surface area contributed by atoms with Gasteiger partial charge < -0.3 is 14.4 Å². The van der Waals surface area contributed by atoms with Crippen LogP contribution >= 0.6 is 0 Å². The molecule has 33 heavy (non-hydrogen) atoms. The van der Waals surface area contributed by atoms with Crippen LogP contribution in [0.5, 0.6) is 5.75 Å². The van der Waals surface area contributed by atoms with Gasteiger partial charge in [0.25, 0.3) is 5.70 Å². The van der Waals surface area contributed by atoms with E-state index >= 15 is 0 Å². The minimum Gasteiger partial charge on any atom is -0.496 e. The van der Waals surface area contributed by atoms with Gasteiger partial charge in [0.2, 0.25) is 0 Å². The third-order valence-electron chi connectivity index (χ3n) is 7.07. The Morgan fingerprint density at radius 3 is 2.52 bits per heavy atom. The normalized spacial score (nSPS) is 21.8. The second-order valence-electron chi connectivity index (χ2n) is 10.3. The van der Waals surface area contributed by atoms with Crippen molar-refractivity contribution < 1.29 is 9.47 Å². The number of methoxy groups -OCH3 is 1. The molecule has 0 aromatic heterocycles. The molecule has 1 aromatic rings. The monoisotopic (exact) mass is 441 g/mol. The number of hydrogen-bond acceptors (Lipinski definition) is 4. The van der Waals surface area contributed by atoms with E-state index in [2.05, 4.69) is 43.5 Å². The highest BCUT2D eigenvalue weighted by Gasteiger charge is 2.42. The van der Waals surface area contributed by atoms with E-state index in [4.69, 9.17) is 16.0 Å². The van der Waals surface area contributed by atoms with Crippen molar-refractivity contribution in [1.82, 2.24) is 0 Å². The fourth-order valence-corrected chi connectivity index (χ4v) is 5.12. The van der Waals surface area contributed by atoms with E-state index in [1.807, 2.05) is 25.1 Å². The number of ether oxygens (including phenoxy) is 2. The van der Waals surface area contributed by atoms with E-state index in [0.29, 0.717) is 17.1 Å². The minimum atomic E-state index is 0.0103. The van der Waals surface area contributed by atoms with E-state index in [9.17, 15) is 5.26 Å². The first kappa shape index (κ1) is 22.7. The van der Waals surface area contributed by atoms with Crippen LogP contribution < -0.4 is 9.64 Å². The van der Waals surface area contributed by atoms with E-state index in [0.717, 1.165) is 37.2 Å². The highest BCUT2D eigenvalue weighted by Crippen LogP contribution is 2.53. The number of hydrogen-bond donors (Lipinski definition) is 0. The van der Waals surface area contributed by atoms with Crippen molar-refractivity contribution in [3.05, 3.63) is 75.2 Å². The third-order valence-corrected chi connectivity index (χ3v) is 7.07. The number of nitriles is 1. The first-order valence-corrected chi connectivity index (χ1v) is 11.4. The lowest BCUT2D eigenvalue weighted by Gasteiger charge is -2.48. The maximum Gasteiger partial charge on any atom is 0.269 e. The first-order valence-electron chi connectivity index (χ1n) is 11.4. The molecular weight excluding hydrogens is 410 g/mol. The SMILES string of the molecule is [C-]#[N+]/C(C#N)=C1/C=C(C)OC(/C=C/c2cc3c4c(c2OC)C(C)(C)CCN4CCC3(C)C)=C1.